The smallest absolute Gasteiger partial charge is 0.339 e. The molecule has 0 aliphatic rings. The average molecular weight is 443 g/mol. The number of nitrogens with zero attached hydrogens (tertiary/aromatic N) is 3. The van der Waals surface area contributed by atoms with E-state index in [4.69, 9.17) is 20.1 Å². The van der Waals surface area contributed by atoms with Gasteiger partial charge in [0.25, 0.3) is 0 Å². The molecule has 0 aliphatic carbocycles. The fraction of sp³-hybridized carbons (Fsp3) is 0.200. The number of hydrogen-bond donors (Lipinski definition) is 2. The normalized spacial score (nSPS) is 10.4. The zero-order valence-electron chi connectivity index (χ0n) is 17.1. The van der Waals surface area contributed by atoms with Gasteiger partial charge in [0.05, 0.1) is 38.3 Å². The Bertz CT molecular complexity index is 1100. The first kappa shape index (κ1) is 22.0. The van der Waals surface area contributed by atoms with Gasteiger partial charge in [-0.25, -0.2) is 9.47 Å². The molecule has 11 heteroatoms. The van der Waals surface area contributed by atoms with Crippen LogP contribution < -0.4 is 20.6 Å². The second-order valence-electron chi connectivity index (χ2n) is 6.12. The zero-order chi connectivity index (χ0) is 22.4. The number of nitrogens with two attached hydrogens (primary N) is 1. The summed E-state index contributed by atoms with van der Waals surface area (Å²) in [5.41, 5.74) is 1.30. The quantitative estimate of drug-likeness (QED) is 0.305. The summed E-state index contributed by atoms with van der Waals surface area (Å²) in [6.07, 6.45) is 0. The molecule has 0 unspecified atom stereocenters. The summed E-state index contributed by atoms with van der Waals surface area (Å²) in [5, 5.41) is 11.2. The van der Waals surface area contributed by atoms with Gasteiger partial charge in [0, 0.05) is 5.56 Å². The number of aromatic nitrogens is 3. The van der Waals surface area contributed by atoms with Crippen molar-refractivity contribution in [2.45, 2.75) is 5.16 Å². The number of ether oxygens (including phenoxy) is 3. The number of hydrogen-bond acceptors (Lipinski definition) is 9. The molecule has 0 fully saturated rings. The molecule has 0 atom stereocenters. The largest absolute Gasteiger partial charge is 0.493 e. The lowest BCUT2D eigenvalue weighted by Gasteiger charge is -2.10. The third-order valence-electron chi connectivity index (χ3n) is 4.25. The van der Waals surface area contributed by atoms with Crippen LogP contribution in [0.3, 0.4) is 0 Å². The third kappa shape index (κ3) is 4.89. The van der Waals surface area contributed by atoms with E-state index < -0.39 is 5.97 Å². The summed E-state index contributed by atoms with van der Waals surface area (Å²) >= 11 is 1.11. The molecule has 0 spiro atoms. The molecule has 0 saturated carbocycles. The van der Waals surface area contributed by atoms with Crippen LogP contribution in [-0.2, 0) is 9.53 Å². The molecule has 162 valence electrons. The van der Waals surface area contributed by atoms with E-state index in [1.165, 1.54) is 18.9 Å². The van der Waals surface area contributed by atoms with Crippen LogP contribution in [0.15, 0.2) is 47.6 Å². The van der Waals surface area contributed by atoms with Gasteiger partial charge in [-0.1, -0.05) is 23.9 Å². The molecule has 3 aromatic rings. The second kappa shape index (κ2) is 9.85. The van der Waals surface area contributed by atoms with Gasteiger partial charge in [-0.05, 0) is 30.3 Å². The van der Waals surface area contributed by atoms with Crippen LogP contribution in [0.1, 0.15) is 10.4 Å². The fourth-order valence-corrected chi connectivity index (χ4v) is 3.40. The molecule has 1 aromatic heterocycles. The van der Waals surface area contributed by atoms with Crippen LogP contribution in [0, 0.1) is 0 Å². The Hall–Kier alpha value is -3.73. The first-order valence-electron chi connectivity index (χ1n) is 9.01. The number of methoxy groups -OCH3 is 3. The maximum atomic E-state index is 12.4. The highest BCUT2D eigenvalue weighted by Crippen LogP contribution is 2.32. The highest BCUT2D eigenvalue weighted by Gasteiger charge is 2.17. The SMILES string of the molecule is COC(=O)c1ccccc1NC(=O)CSc1nnc(-c2ccc(OC)c(OC)c2)n1N. The van der Waals surface area contributed by atoms with E-state index in [0.717, 1.165) is 11.8 Å². The van der Waals surface area contributed by atoms with Crippen molar-refractivity contribution in [3.05, 3.63) is 48.0 Å². The van der Waals surface area contributed by atoms with Crippen molar-refractivity contribution in [1.29, 1.82) is 0 Å². The van der Waals surface area contributed by atoms with E-state index >= 15 is 0 Å². The predicted molar refractivity (Wildman–Crippen MR) is 116 cm³/mol. The Kier molecular flexibility index (Phi) is 6.98. The van der Waals surface area contributed by atoms with Crippen molar-refractivity contribution >= 4 is 29.3 Å². The minimum atomic E-state index is -0.537. The maximum absolute atomic E-state index is 12.4. The van der Waals surface area contributed by atoms with Gasteiger partial charge in [-0.2, -0.15) is 0 Å². The van der Waals surface area contributed by atoms with Crippen molar-refractivity contribution in [3.8, 4) is 22.9 Å². The maximum Gasteiger partial charge on any atom is 0.339 e. The number of thioether (sulfide) groups is 1. The number of amides is 1. The van der Waals surface area contributed by atoms with Crippen molar-refractivity contribution in [2.24, 2.45) is 0 Å². The summed E-state index contributed by atoms with van der Waals surface area (Å²) in [5.74, 6) is 6.77. The molecule has 1 heterocycles. The van der Waals surface area contributed by atoms with Crippen LogP contribution in [0.4, 0.5) is 5.69 Å². The molecule has 0 saturated heterocycles. The molecule has 0 radical (unpaired) electrons. The monoisotopic (exact) mass is 443 g/mol. The number of carbonyl (C=O) groups is 2. The zero-order valence-corrected chi connectivity index (χ0v) is 17.9. The number of para-hydroxylation sites is 1. The standard InChI is InChI=1S/C20H21N5O5S/c1-28-15-9-8-12(10-16(15)29-2)18-23-24-20(25(18)21)31-11-17(26)22-14-7-5-4-6-13(14)19(27)30-3/h4-10H,11,21H2,1-3H3,(H,22,26). The van der Waals surface area contributed by atoms with Crippen molar-refractivity contribution in [1.82, 2.24) is 14.9 Å². The number of carbonyl (C=O) groups excluding carboxylic acids is 2. The molecule has 1 amide bonds. The number of benzene rings is 2. The van der Waals surface area contributed by atoms with Crippen LogP contribution in [0.2, 0.25) is 0 Å². The topological polar surface area (TPSA) is 131 Å². The molecule has 31 heavy (non-hydrogen) atoms. The summed E-state index contributed by atoms with van der Waals surface area (Å²) in [7, 11) is 4.36. The highest BCUT2D eigenvalue weighted by atomic mass is 32.2. The number of nitrogens with one attached hydrogen (secondary N) is 1. The molecular weight excluding hydrogens is 422 g/mol. The summed E-state index contributed by atoms with van der Waals surface area (Å²) in [4.78, 5) is 24.2. The van der Waals surface area contributed by atoms with Crippen LogP contribution >= 0.6 is 11.8 Å². The van der Waals surface area contributed by atoms with Crippen LogP contribution in [0.25, 0.3) is 11.4 Å². The van der Waals surface area contributed by atoms with E-state index in [9.17, 15) is 9.59 Å². The lowest BCUT2D eigenvalue weighted by atomic mass is 10.2. The highest BCUT2D eigenvalue weighted by molar-refractivity contribution is 7.99. The van der Waals surface area contributed by atoms with Gasteiger partial charge in [-0.3, -0.25) is 4.79 Å². The van der Waals surface area contributed by atoms with Gasteiger partial charge in [0.15, 0.2) is 17.3 Å². The van der Waals surface area contributed by atoms with Crippen LogP contribution in [-0.4, -0.2) is 53.8 Å². The average Bonchev–Trinajstić information content (AvgIpc) is 3.17. The predicted octanol–water partition coefficient (Wildman–Crippen LogP) is 2.19. The molecule has 10 nitrogen and oxygen atoms in total. The van der Waals surface area contributed by atoms with Gasteiger partial charge in [0.1, 0.15) is 0 Å². The first-order valence-corrected chi connectivity index (χ1v) is 10.00. The minimum Gasteiger partial charge on any atom is -0.493 e. The van der Waals surface area contributed by atoms with Crippen molar-refractivity contribution in [3.63, 3.8) is 0 Å². The van der Waals surface area contributed by atoms with Crippen LogP contribution in [0.5, 0.6) is 11.5 Å². The van der Waals surface area contributed by atoms with Crippen molar-refractivity contribution in [2.75, 3.05) is 38.2 Å². The Balaban J connectivity index is 1.70. The second-order valence-corrected chi connectivity index (χ2v) is 7.06. The Morgan fingerprint density at radius 1 is 1.06 bits per heavy atom. The number of esters is 1. The van der Waals surface area contributed by atoms with E-state index in [2.05, 4.69) is 15.5 Å². The third-order valence-corrected chi connectivity index (χ3v) is 5.19. The lowest BCUT2D eigenvalue weighted by molar-refractivity contribution is -0.113. The first-order chi connectivity index (χ1) is 15.0. The van der Waals surface area contributed by atoms with Crippen molar-refractivity contribution < 1.29 is 23.8 Å². The van der Waals surface area contributed by atoms with Gasteiger partial charge in [-0.15, -0.1) is 10.2 Å². The molecule has 0 bridgehead atoms. The summed E-state index contributed by atoms with van der Waals surface area (Å²) in [6, 6.07) is 11.8. The van der Waals surface area contributed by atoms with E-state index in [-0.39, 0.29) is 17.2 Å². The lowest BCUT2D eigenvalue weighted by Crippen LogP contribution is -2.18. The Labute approximate surface area is 182 Å². The summed E-state index contributed by atoms with van der Waals surface area (Å²) in [6.45, 7) is 0. The van der Waals surface area contributed by atoms with E-state index in [1.54, 1.807) is 49.6 Å². The number of rotatable bonds is 8. The van der Waals surface area contributed by atoms with Gasteiger partial charge >= 0.3 is 5.97 Å². The molecule has 2 aromatic carbocycles. The van der Waals surface area contributed by atoms with E-state index in [1.807, 2.05) is 0 Å². The fourth-order valence-electron chi connectivity index (χ4n) is 2.74. The van der Waals surface area contributed by atoms with Gasteiger partial charge in [0.2, 0.25) is 11.1 Å². The molecule has 3 rings (SSSR count). The molecular formula is C20H21N5O5S. The number of nitrogen functional groups attached to an aromatic ring is 1. The Morgan fingerprint density at radius 3 is 2.52 bits per heavy atom. The number of anilines is 1. The summed E-state index contributed by atoms with van der Waals surface area (Å²) < 4.78 is 16.6. The van der Waals surface area contributed by atoms with Gasteiger partial charge < -0.3 is 25.4 Å². The molecule has 0 aliphatic heterocycles. The minimum absolute atomic E-state index is 0.0107. The molecule has 3 N–H and O–H groups in total. The Morgan fingerprint density at radius 2 is 1.81 bits per heavy atom. The van der Waals surface area contributed by atoms with E-state index in [0.29, 0.717) is 33.7 Å².